The largest absolute Gasteiger partial charge is 0.492 e. The van der Waals surface area contributed by atoms with Crippen molar-refractivity contribution in [3.05, 3.63) is 94.5 Å². The van der Waals surface area contributed by atoms with Crippen LogP contribution in [0, 0.1) is 11.8 Å². The van der Waals surface area contributed by atoms with E-state index >= 15 is 0 Å². The van der Waals surface area contributed by atoms with Gasteiger partial charge in [-0.05, 0) is 59.2 Å². The summed E-state index contributed by atoms with van der Waals surface area (Å²) < 4.78 is 5.80. The maximum absolute atomic E-state index is 14.0. The lowest BCUT2D eigenvalue weighted by Gasteiger charge is -2.46. The SMILES string of the molecule is CCOc1ccccc1N1C(=O)[C@@H]2[C@H]3c4ccccc4[C@@H](c4ccc([C@@H](C)CC)cc43)[C@@H]2C1=O. The third-order valence-corrected chi connectivity index (χ3v) is 8.15. The van der Waals surface area contributed by atoms with Crippen LogP contribution < -0.4 is 9.64 Å². The number of imide groups is 1. The number of hydrogen-bond donors (Lipinski definition) is 0. The molecule has 0 radical (unpaired) electrons. The average Bonchev–Trinajstić information content (AvgIpc) is 3.14. The minimum absolute atomic E-state index is 0.104. The first-order valence-corrected chi connectivity index (χ1v) is 12.4. The smallest absolute Gasteiger partial charge is 0.238 e. The first kappa shape index (κ1) is 21.2. The third kappa shape index (κ3) is 2.78. The molecule has 0 spiro atoms. The Hall–Kier alpha value is -3.40. The van der Waals surface area contributed by atoms with E-state index in [4.69, 9.17) is 4.74 Å². The van der Waals surface area contributed by atoms with E-state index in [-0.39, 0.29) is 35.5 Å². The molecule has 0 N–H and O–H groups in total. The molecular formula is C30H29NO3. The maximum atomic E-state index is 14.0. The van der Waals surface area contributed by atoms with Crippen LogP contribution in [0.15, 0.2) is 66.7 Å². The second kappa shape index (κ2) is 7.83. The van der Waals surface area contributed by atoms with Gasteiger partial charge in [0.2, 0.25) is 11.8 Å². The summed E-state index contributed by atoms with van der Waals surface area (Å²) >= 11 is 0. The molecule has 0 saturated carbocycles. The van der Waals surface area contributed by atoms with Crippen LogP contribution >= 0.6 is 0 Å². The number of para-hydroxylation sites is 2. The van der Waals surface area contributed by atoms with Crippen LogP contribution in [0.4, 0.5) is 5.69 Å². The summed E-state index contributed by atoms with van der Waals surface area (Å²) in [7, 11) is 0. The van der Waals surface area contributed by atoms with Crippen molar-refractivity contribution in [2.24, 2.45) is 11.8 Å². The summed E-state index contributed by atoms with van der Waals surface area (Å²) in [6.07, 6.45) is 1.06. The Morgan fingerprint density at radius 1 is 0.794 bits per heavy atom. The van der Waals surface area contributed by atoms with Crippen molar-refractivity contribution in [2.75, 3.05) is 11.5 Å². The highest BCUT2D eigenvalue weighted by atomic mass is 16.5. The van der Waals surface area contributed by atoms with E-state index < -0.39 is 0 Å². The molecule has 1 aliphatic heterocycles. The highest BCUT2D eigenvalue weighted by molar-refractivity contribution is 6.24. The van der Waals surface area contributed by atoms with Gasteiger partial charge >= 0.3 is 0 Å². The molecule has 4 aliphatic rings. The molecule has 4 nitrogen and oxygen atoms in total. The van der Waals surface area contributed by atoms with E-state index in [1.54, 1.807) is 0 Å². The van der Waals surface area contributed by atoms with Crippen molar-refractivity contribution >= 4 is 17.5 Å². The van der Waals surface area contributed by atoms with Gasteiger partial charge < -0.3 is 4.74 Å². The van der Waals surface area contributed by atoms with Crippen LogP contribution in [0.25, 0.3) is 0 Å². The Morgan fingerprint density at radius 3 is 2.03 bits per heavy atom. The van der Waals surface area contributed by atoms with Gasteiger partial charge in [-0.25, -0.2) is 4.90 Å². The predicted octanol–water partition coefficient (Wildman–Crippen LogP) is 6.00. The van der Waals surface area contributed by atoms with E-state index in [0.717, 1.165) is 6.42 Å². The second-order valence-corrected chi connectivity index (χ2v) is 9.75. The minimum Gasteiger partial charge on any atom is -0.492 e. The zero-order chi connectivity index (χ0) is 23.6. The second-order valence-electron chi connectivity index (χ2n) is 9.75. The molecule has 3 aliphatic carbocycles. The first-order valence-electron chi connectivity index (χ1n) is 12.4. The van der Waals surface area contributed by atoms with Crippen LogP contribution in [0.1, 0.15) is 72.8 Å². The van der Waals surface area contributed by atoms with E-state index in [1.807, 2.05) is 37.3 Å². The van der Waals surface area contributed by atoms with Crippen molar-refractivity contribution in [1.82, 2.24) is 0 Å². The van der Waals surface area contributed by atoms with Crippen LogP contribution in [0.2, 0.25) is 0 Å². The molecule has 2 amide bonds. The minimum atomic E-state index is -0.387. The molecule has 0 unspecified atom stereocenters. The lowest BCUT2D eigenvalue weighted by molar-refractivity contribution is -0.122. The van der Waals surface area contributed by atoms with Gasteiger partial charge in [-0.3, -0.25) is 9.59 Å². The lowest BCUT2D eigenvalue weighted by atomic mass is 9.54. The fraction of sp³-hybridized carbons (Fsp3) is 0.333. The van der Waals surface area contributed by atoms with Gasteiger partial charge in [-0.1, -0.05) is 68.4 Å². The number of hydrogen-bond acceptors (Lipinski definition) is 3. The van der Waals surface area contributed by atoms with Crippen molar-refractivity contribution in [3.8, 4) is 5.75 Å². The van der Waals surface area contributed by atoms with Crippen molar-refractivity contribution < 1.29 is 14.3 Å². The van der Waals surface area contributed by atoms with Crippen LogP contribution in [0.5, 0.6) is 5.75 Å². The van der Waals surface area contributed by atoms with Crippen LogP contribution in [0.3, 0.4) is 0 Å². The number of nitrogens with zero attached hydrogens (tertiary/aromatic N) is 1. The molecular weight excluding hydrogens is 422 g/mol. The Balaban J connectivity index is 1.53. The number of carbonyl (C=O) groups is 2. The monoisotopic (exact) mass is 451 g/mol. The van der Waals surface area contributed by atoms with Gasteiger partial charge in [-0.2, -0.15) is 0 Å². The molecule has 4 heteroatoms. The molecule has 3 aromatic rings. The quantitative estimate of drug-likeness (QED) is 0.447. The highest BCUT2D eigenvalue weighted by Crippen LogP contribution is 2.61. The zero-order valence-corrected chi connectivity index (χ0v) is 19.8. The number of anilines is 1. The molecule has 172 valence electrons. The molecule has 3 aromatic carbocycles. The van der Waals surface area contributed by atoms with Gasteiger partial charge in [0.25, 0.3) is 0 Å². The normalized spacial score (nSPS) is 25.1. The molecule has 7 rings (SSSR count). The average molecular weight is 452 g/mol. The standard InChI is InChI=1S/C30H29NO3/c1-4-17(3)18-14-15-21-22(16-18)26-20-11-7-6-10-19(20)25(21)27-28(26)30(33)31(29(27)32)23-12-8-9-13-24(23)34-5-2/h6-17,25-28H,4-5H2,1-3H3/t17-,25-,26-,27-,28+/m0/s1. The number of benzene rings is 3. The zero-order valence-electron chi connectivity index (χ0n) is 19.8. The number of rotatable bonds is 5. The Kier molecular flexibility index (Phi) is 4.87. The summed E-state index contributed by atoms with van der Waals surface area (Å²) in [5.41, 5.74) is 6.68. The molecule has 1 fully saturated rings. The predicted molar refractivity (Wildman–Crippen MR) is 132 cm³/mol. The van der Waals surface area contributed by atoms with Gasteiger partial charge in [-0.15, -0.1) is 0 Å². The summed E-state index contributed by atoms with van der Waals surface area (Å²) in [6, 6.07) is 22.5. The van der Waals surface area contributed by atoms with Crippen LogP contribution in [-0.4, -0.2) is 18.4 Å². The summed E-state index contributed by atoms with van der Waals surface area (Å²) in [6.45, 7) is 6.83. The van der Waals surface area contributed by atoms with E-state index in [0.29, 0.717) is 24.0 Å². The van der Waals surface area contributed by atoms with Crippen molar-refractivity contribution in [3.63, 3.8) is 0 Å². The maximum Gasteiger partial charge on any atom is 0.238 e. The van der Waals surface area contributed by atoms with Gasteiger partial charge in [0.1, 0.15) is 5.75 Å². The van der Waals surface area contributed by atoms with Crippen molar-refractivity contribution in [2.45, 2.75) is 44.9 Å². The van der Waals surface area contributed by atoms with Gasteiger partial charge in [0, 0.05) is 11.8 Å². The fourth-order valence-electron chi connectivity index (χ4n) is 6.44. The van der Waals surface area contributed by atoms with E-state index in [1.165, 1.54) is 32.7 Å². The van der Waals surface area contributed by atoms with Gasteiger partial charge in [0.05, 0.1) is 24.1 Å². The van der Waals surface area contributed by atoms with Crippen molar-refractivity contribution in [1.29, 1.82) is 0 Å². The topological polar surface area (TPSA) is 46.6 Å². The molecule has 5 atom stereocenters. The summed E-state index contributed by atoms with van der Waals surface area (Å²) in [5, 5.41) is 0. The Labute approximate surface area is 200 Å². The fourth-order valence-corrected chi connectivity index (χ4v) is 6.44. The lowest BCUT2D eigenvalue weighted by Crippen LogP contribution is -2.41. The molecule has 0 aromatic heterocycles. The van der Waals surface area contributed by atoms with Crippen LogP contribution in [-0.2, 0) is 9.59 Å². The third-order valence-electron chi connectivity index (χ3n) is 8.15. The van der Waals surface area contributed by atoms with E-state index in [2.05, 4.69) is 50.2 Å². The van der Waals surface area contributed by atoms with Gasteiger partial charge in [0.15, 0.2) is 0 Å². The Morgan fingerprint density at radius 2 is 1.38 bits per heavy atom. The number of carbonyl (C=O) groups excluding carboxylic acids is 2. The summed E-state index contributed by atoms with van der Waals surface area (Å²) in [5.74, 6) is -0.168. The molecule has 34 heavy (non-hydrogen) atoms. The summed E-state index contributed by atoms with van der Waals surface area (Å²) in [4.78, 5) is 29.4. The van der Waals surface area contributed by atoms with E-state index in [9.17, 15) is 9.59 Å². The number of ether oxygens (including phenoxy) is 1. The molecule has 1 saturated heterocycles. The number of amides is 2. The first-order chi connectivity index (χ1) is 16.6. The molecule has 1 heterocycles. The highest BCUT2D eigenvalue weighted by Gasteiger charge is 2.62. The Bertz CT molecular complexity index is 1310. The molecule has 2 bridgehead atoms.